The first-order valence-electron chi connectivity index (χ1n) is 12.0. The summed E-state index contributed by atoms with van der Waals surface area (Å²) in [5.41, 5.74) is 2.61. The molecule has 2 saturated carbocycles. The SMILES string of the molecule is CCC(C)c1ccc(O)cc1.CCC(C)c1ccc(OC(=O)C2CC3CCC2C3)cc1. The Balaban J connectivity index is 0.000000210. The van der Waals surface area contributed by atoms with Gasteiger partial charge in [0.15, 0.2) is 0 Å². The molecule has 2 aromatic carbocycles. The molecule has 0 aromatic heterocycles. The van der Waals surface area contributed by atoms with Crippen molar-refractivity contribution in [2.75, 3.05) is 0 Å². The maximum Gasteiger partial charge on any atom is 0.314 e. The number of esters is 1. The second-order valence-corrected chi connectivity index (χ2v) is 9.48. The molecule has 2 fully saturated rings. The minimum Gasteiger partial charge on any atom is -0.508 e. The third-order valence-electron chi connectivity index (χ3n) is 7.40. The third-order valence-corrected chi connectivity index (χ3v) is 7.40. The molecule has 0 heterocycles. The van der Waals surface area contributed by atoms with Gasteiger partial charge in [-0.25, -0.2) is 0 Å². The van der Waals surface area contributed by atoms with Gasteiger partial charge in [-0.15, -0.1) is 0 Å². The Bertz CT molecular complexity index is 824. The molecule has 0 saturated heterocycles. The highest BCUT2D eigenvalue weighted by molar-refractivity contribution is 5.76. The monoisotopic (exact) mass is 422 g/mol. The lowest BCUT2D eigenvalue weighted by atomic mass is 9.89. The summed E-state index contributed by atoms with van der Waals surface area (Å²) < 4.78 is 5.58. The van der Waals surface area contributed by atoms with Crippen molar-refractivity contribution in [2.45, 2.75) is 78.1 Å². The van der Waals surface area contributed by atoms with Crippen molar-refractivity contribution in [1.29, 1.82) is 0 Å². The number of carbonyl (C=O) groups is 1. The smallest absolute Gasteiger partial charge is 0.314 e. The highest BCUT2D eigenvalue weighted by atomic mass is 16.5. The van der Waals surface area contributed by atoms with Gasteiger partial charge in [0.1, 0.15) is 11.5 Å². The molecule has 2 aliphatic rings. The predicted octanol–water partition coefficient (Wildman–Crippen LogP) is 7.45. The fraction of sp³-hybridized carbons (Fsp3) is 0.536. The Morgan fingerprint density at radius 3 is 1.90 bits per heavy atom. The van der Waals surface area contributed by atoms with Gasteiger partial charge in [-0.1, -0.05) is 58.4 Å². The van der Waals surface area contributed by atoms with E-state index in [2.05, 4.69) is 39.8 Å². The molecular weight excluding hydrogens is 384 g/mol. The molecule has 4 rings (SSSR count). The first kappa shape index (κ1) is 23.4. The third kappa shape index (κ3) is 6.12. The first-order chi connectivity index (χ1) is 14.9. The first-order valence-corrected chi connectivity index (χ1v) is 12.0. The molecule has 0 amide bonds. The average Bonchev–Trinajstić information content (AvgIpc) is 3.43. The van der Waals surface area contributed by atoms with Crippen LogP contribution in [0.3, 0.4) is 0 Å². The highest BCUT2D eigenvalue weighted by Crippen LogP contribution is 2.48. The number of benzene rings is 2. The Morgan fingerprint density at radius 1 is 0.903 bits per heavy atom. The van der Waals surface area contributed by atoms with Gasteiger partial charge in [-0.05, 0) is 91.2 Å². The van der Waals surface area contributed by atoms with Gasteiger partial charge >= 0.3 is 5.97 Å². The lowest BCUT2D eigenvalue weighted by Gasteiger charge is -2.20. The van der Waals surface area contributed by atoms with Gasteiger partial charge in [0, 0.05) is 0 Å². The zero-order valence-corrected chi connectivity index (χ0v) is 19.5. The fourth-order valence-electron chi connectivity index (χ4n) is 4.86. The molecule has 0 radical (unpaired) electrons. The lowest BCUT2D eigenvalue weighted by Crippen LogP contribution is -2.25. The van der Waals surface area contributed by atoms with Crippen molar-refractivity contribution < 1.29 is 14.6 Å². The van der Waals surface area contributed by atoms with Crippen LogP contribution in [0, 0.1) is 17.8 Å². The van der Waals surface area contributed by atoms with Crippen LogP contribution in [-0.4, -0.2) is 11.1 Å². The van der Waals surface area contributed by atoms with Crippen LogP contribution >= 0.6 is 0 Å². The molecule has 2 aromatic rings. The minimum absolute atomic E-state index is 0.00603. The lowest BCUT2D eigenvalue weighted by molar-refractivity contribution is -0.140. The van der Waals surface area contributed by atoms with E-state index in [9.17, 15) is 4.79 Å². The summed E-state index contributed by atoms with van der Waals surface area (Å²) >= 11 is 0. The molecule has 5 unspecified atom stereocenters. The Hall–Kier alpha value is -2.29. The fourth-order valence-corrected chi connectivity index (χ4v) is 4.86. The van der Waals surface area contributed by atoms with E-state index in [-0.39, 0.29) is 11.9 Å². The summed E-state index contributed by atoms with van der Waals surface area (Å²) in [4.78, 5) is 12.3. The zero-order chi connectivity index (χ0) is 22.4. The standard InChI is InChI=1S/C18H24O2.C10H14O/c1-3-12(2)14-6-8-16(9-7-14)20-18(19)17-11-13-4-5-15(17)10-13;1-3-8(2)9-4-6-10(11)7-5-9/h6-9,12-13,15,17H,3-5,10-11H2,1-2H3;4-8,11H,3H2,1-2H3. The highest BCUT2D eigenvalue weighted by Gasteiger charge is 2.44. The van der Waals surface area contributed by atoms with E-state index in [4.69, 9.17) is 9.84 Å². The normalized spacial score (nSPS) is 23.5. The summed E-state index contributed by atoms with van der Waals surface area (Å²) in [5.74, 6) is 3.72. The van der Waals surface area contributed by atoms with Crippen LogP contribution in [0.5, 0.6) is 11.5 Å². The molecule has 5 atom stereocenters. The van der Waals surface area contributed by atoms with Gasteiger partial charge < -0.3 is 9.84 Å². The van der Waals surface area contributed by atoms with Gasteiger partial charge in [0.2, 0.25) is 0 Å². The number of rotatable bonds is 6. The minimum atomic E-state index is -0.00603. The number of carbonyl (C=O) groups excluding carboxylic acids is 1. The van der Waals surface area contributed by atoms with E-state index in [0.717, 1.165) is 25.2 Å². The van der Waals surface area contributed by atoms with Crippen LogP contribution in [0.2, 0.25) is 0 Å². The second kappa shape index (κ2) is 10.8. The summed E-state index contributed by atoms with van der Waals surface area (Å²) in [6.45, 7) is 8.76. The van der Waals surface area contributed by atoms with E-state index in [1.165, 1.54) is 30.4 Å². The Labute approximate surface area is 187 Å². The molecule has 1 N–H and O–H groups in total. The van der Waals surface area contributed by atoms with E-state index in [0.29, 0.717) is 29.3 Å². The van der Waals surface area contributed by atoms with Gasteiger partial charge in [-0.3, -0.25) is 4.79 Å². The number of ether oxygens (including phenoxy) is 1. The maximum absolute atomic E-state index is 12.3. The molecule has 3 heteroatoms. The summed E-state index contributed by atoms with van der Waals surface area (Å²) in [6.07, 6.45) is 7.10. The van der Waals surface area contributed by atoms with Crippen molar-refractivity contribution in [3.05, 3.63) is 59.7 Å². The number of fused-ring (bicyclic) bond motifs is 2. The van der Waals surface area contributed by atoms with Gasteiger partial charge in [-0.2, -0.15) is 0 Å². The topological polar surface area (TPSA) is 46.5 Å². The van der Waals surface area contributed by atoms with Gasteiger partial charge in [0.25, 0.3) is 0 Å². The molecule has 0 spiro atoms. The molecular formula is C28H38O3. The number of aromatic hydroxyl groups is 1. The number of hydrogen-bond acceptors (Lipinski definition) is 3. The van der Waals surface area contributed by atoms with Crippen molar-refractivity contribution in [3.8, 4) is 11.5 Å². The van der Waals surface area contributed by atoms with E-state index >= 15 is 0 Å². The molecule has 2 aliphatic carbocycles. The van der Waals surface area contributed by atoms with E-state index < -0.39 is 0 Å². The molecule has 31 heavy (non-hydrogen) atoms. The number of hydrogen-bond donors (Lipinski definition) is 1. The zero-order valence-electron chi connectivity index (χ0n) is 19.5. The van der Waals surface area contributed by atoms with Crippen molar-refractivity contribution in [3.63, 3.8) is 0 Å². The summed E-state index contributed by atoms with van der Waals surface area (Å²) in [6, 6.07) is 15.5. The average molecular weight is 423 g/mol. The van der Waals surface area contributed by atoms with Gasteiger partial charge in [0.05, 0.1) is 5.92 Å². The predicted molar refractivity (Wildman–Crippen MR) is 127 cm³/mol. The molecule has 168 valence electrons. The van der Waals surface area contributed by atoms with Crippen LogP contribution in [-0.2, 0) is 4.79 Å². The van der Waals surface area contributed by atoms with Crippen LogP contribution in [0.1, 0.15) is 89.2 Å². The second-order valence-electron chi connectivity index (χ2n) is 9.48. The molecule has 3 nitrogen and oxygen atoms in total. The maximum atomic E-state index is 12.3. The number of phenols is 1. The van der Waals surface area contributed by atoms with E-state index in [1.807, 2.05) is 24.3 Å². The van der Waals surface area contributed by atoms with E-state index in [1.54, 1.807) is 12.1 Å². The molecule has 2 bridgehead atoms. The number of phenolic OH excluding ortho intramolecular Hbond substituents is 1. The largest absolute Gasteiger partial charge is 0.508 e. The summed E-state index contributed by atoms with van der Waals surface area (Å²) in [7, 11) is 0. The van der Waals surface area contributed by atoms with Crippen molar-refractivity contribution >= 4 is 5.97 Å². The quantitative estimate of drug-likeness (QED) is 0.388. The van der Waals surface area contributed by atoms with Crippen LogP contribution in [0.4, 0.5) is 0 Å². The Morgan fingerprint density at radius 2 is 1.45 bits per heavy atom. The molecule has 0 aliphatic heterocycles. The van der Waals surface area contributed by atoms with Crippen molar-refractivity contribution in [2.24, 2.45) is 17.8 Å². The van der Waals surface area contributed by atoms with Crippen LogP contribution in [0.25, 0.3) is 0 Å². The van der Waals surface area contributed by atoms with Crippen molar-refractivity contribution in [1.82, 2.24) is 0 Å². The van der Waals surface area contributed by atoms with Crippen LogP contribution < -0.4 is 4.74 Å². The summed E-state index contributed by atoms with van der Waals surface area (Å²) in [5, 5.41) is 9.01. The Kier molecular flexibility index (Phi) is 8.17. The van der Waals surface area contributed by atoms with Crippen LogP contribution in [0.15, 0.2) is 48.5 Å².